The minimum absolute atomic E-state index is 0.183. The molecule has 1 atom stereocenters. The average molecular weight is 296 g/mol. The molecule has 3 N–H and O–H groups in total. The lowest BCUT2D eigenvalue weighted by Gasteiger charge is -2.28. The molecule has 112 valence electrons. The van der Waals surface area contributed by atoms with Gasteiger partial charge in [-0.3, -0.25) is 0 Å². The minimum atomic E-state index is -3.61. The van der Waals surface area contributed by atoms with Gasteiger partial charge < -0.3 is 5.32 Å². The Bertz CT molecular complexity index is 537. The van der Waals surface area contributed by atoms with E-state index in [9.17, 15) is 8.42 Å². The van der Waals surface area contributed by atoms with Gasteiger partial charge >= 0.3 is 0 Å². The Balaban J connectivity index is 1.93. The van der Waals surface area contributed by atoms with Crippen molar-refractivity contribution in [1.82, 2.24) is 5.32 Å². The van der Waals surface area contributed by atoms with Crippen LogP contribution in [0.15, 0.2) is 29.2 Å². The highest BCUT2D eigenvalue weighted by atomic mass is 32.2. The van der Waals surface area contributed by atoms with Crippen molar-refractivity contribution in [3.05, 3.63) is 29.8 Å². The van der Waals surface area contributed by atoms with Gasteiger partial charge in [0.05, 0.1) is 4.90 Å². The highest BCUT2D eigenvalue weighted by molar-refractivity contribution is 7.89. The Morgan fingerprint density at radius 2 is 2.00 bits per heavy atom. The van der Waals surface area contributed by atoms with Crippen LogP contribution in [0.25, 0.3) is 0 Å². The van der Waals surface area contributed by atoms with Crippen LogP contribution < -0.4 is 10.5 Å². The van der Waals surface area contributed by atoms with Gasteiger partial charge in [-0.1, -0.05) is 31.4 Å². The van der Waals surface area contributed by atoms with Gasteiger partial charge in [0.2, 0.25) is 10.0 Å². The summed E-state index contributed by atoms with van der Waals surface area (Å²) in [5.41, 5.74) is 0.958. The fourth-order valence-electron chi connectivity index (χ4n) is 2.91. The van der Waals surface area contributed by atoms with E-state index in [-0.39, 0.29) is 4.90 Å². The number of nitrogens with one attached hydrogen (secondary N) is 1. The summed E-state index contributed by atoms with van der Waals surface area (Å²) in [6.45, 7) is 2.90. The normalized spacial score (nSPS) is 18.9. The van der Waals surface area contributed by atoms with Gasteiger partial charge in [0.25, 0.3) is 0 Å². The van der Waals surface area contributed by atoms with Crippen molar-refractivity contribution in [2.24, 2.45) is 11.1 Å². The molecule has 20 heavy (non-hydrogen) atoms. The Kier molecular flexibility index (Phi) is 5.18. The molecule has 4 nitrogen and oxygen atoms in total. The van der Waals surface area contributed by atoms with Gasteiger partial charge in [0.1, 0.15) is 0 Å². The van der Waals surface area contributed by atoms with E-state index in [1.807, 2.05) is 6.07 Å². The molecule has 0 radical (unpaired) electrons. The van der Waals surface area contributed by atoms with Crippen LogP contribution in [0, 0.1) is 5.92 Å². The summed E-state index contributed by atoms with van der Waals surface area (Å²) in [6, 6.07) is 7.31. The predicted molar refractivity (Wildman–Crippen MR) is 80.7 cm³/mol. The largest absolute Gasteiger partial charge is 0.310 e. The maximum atomic E-state index is 11.3. The molecule has 0 aromatic heterocycles. The van der Waals surface area contributed by atoms with Gasteiger partial charge in [-0.05, 0) is 43.4 Å². The Morgan fingerprint density at radius 3 is 2.65 bits per heavy atom. The third kappa shape index (κ3) is 4.30. The lowest BCUT2D eigenvalue weighted by molar-refractivity contribution is 0.280. The van der Waals surface area contributed by atoms with E-state index in [2.05, 4.69) is 12.2 Å². The molecule has 1 aromatic rings. The predicted octanol–water partition coefficient (Wildman–Crippen LogP) is 2.39. The SMILES string of the molecule is CC(NCc1cccc(S(N)(=O)=O)c1)C1CCCCC1. The zero-order valence-electron chi connectivity index (χ0n) is 12.0. The zero-order valence-corrected chi connectivity index (χ0v) is 12.8. The molecular weight excluding hydrogens is 272 g/mol. The number of hydrogen-bond acceptors (Lipinski definition) is 3. The quantitative estimate of drug-likeness (QED) is 0.876. The molecule has 0 aliphatic heterocycles. The molecule has 1 saturated carbocycles. The second-order valence-corrected chi connectivity index (χ2v) is 7.32. The summed E-state index contributed by atoms with van der Waals surface area (Å²) in [5.74, 6) is 0.741. The molecule has 1 unspecified atom stereocenters. The number of rotatable bonds is 5. The summed E-state index contributed by atoms with van der Waals surface area (Å²) in [6.07, 6.45) is 6.62. The van der Waals surface area contributed by atoms with Crippen molar-refractivity contribution in [1.29, 1.82) is 0 Å². The van der Waals surface area contributed by atoms with E-state index < -0.39 is 10.0 Å². The summed E-state index contributed by atoms with van der Waals surface area (Å²) < 4.78 is 22.7. The van der Waals surface area contributed by atoms with Gasteiger partial charge in [-0.2, -0.15) is 0 Å². The molecule has 0 bridgehead atoms. The highest BCUT2D eigenvalue weighted by Crippen LogP contribution is 2.26. The van der Waals surface area contributed by atoms with Crippen LogP contribution in [-0.2, 0) is 16.6 Å². The maximum absolute atomic E-state index is 11.3. The van der Waals surface area contributed by atoms with Crippen molar-refractivity contribution in [2.75, 3.05) is 0 Å². The molecule has 1 fully saturated rings. The third-order valence-electron chi connectivity index (χ3n) is 4.21. The Morgan fingerprint density at radius 1 is 1.30 bits per heavy atom. The lowest BCUT2D eigenvalue weighted by atomic mass is 9.84. The van der Waals surface area contributed by atoms with E-state index in [0.29, 0.717) is 12.6 Å². The van der Waals surface area contributed by atoms with Crippen molar-refractivity contribution >= 4 is 10.0 Å². The first-order chi connectivity index (χ1) is 9.47. The number of nitrogens with two attached hydrogens (primary N) is 1. The van der Waals surface area contributed by atoms with Gasteiger partial charge in [0, 0.05) is 12.6 Å². The van der Waals surface area contributed by atoms with E-state index >= 15 is 0 Å². The van der Waals surface area contributed by atoms with Crippen molar-refractivity contribution in [3.63, 3.8) is 0 Å². The monoisotopic (exact) mass is 296 g/mol. The molecule has 5 heteroatoms. The summed E-state index contributed by atoms with van der Waals surface area (Å²) in [4.78, 5) is 0.183. The first kappa shape index (κ1) is 15.5. The molecular formula is C15H24N2O2S. The Labute approximate surface area is 121 Å². The van der Waals surface area contributed by atoms with E-state index in [0.717, 1.165) is 11.5 Å². The van der Waals surface area contributed by atoms with Crippen molar-refractivity contribution < 1.29 is 8.42 Å². The third-order valence-corrected chi connectivity index (χ3v) is 5.12. The smallest absolute Gasteiger partial charge is 0.238 e. The van der Waals surface area contributed by atoms with Crippen LogP contribution in [0.1, 0.15) is 44.6 Å². The van der Waals surface area contributed by atoms with E-state index in [4.69, 9.17) is 5.14 Å². The minimum Gasteiger partial charge on any atom is -0.310 e. The molecule has 1 aliphatic rings. The maximum Gasteiger partial charge on any atom is 0.238 e. The molecule has 1 aliphatic carbocycles. The fourth-order valence-corrected chi connectivity index (χ4v) is 3.50. The van der Waals surface area contributed by atoms with Crippen molar-refractivity contribution in [2.45, 2.75) is 56.5 Å². The van der Waals surface area contributed by atoms with Crippen LogP contribution in [0.3, 0.4) is 0 Å². The van der Waals surface area contributed by atoms with Gasteiger partial charge in [0.15, 0.2) is 0 Å². The summed E-state index contributed by atoms with van der Waals surface area (Å²) >= 11 is 0. The highest BCUT2D eigenvalue weighted by Gasteiger charge is 2.19. The standard InChI is InChI=1S/C15H24N2O2S/c1-12(14-7-3-2-4-8-14)17-11-13-6-5-9-15(10-13)20(16,18)19/h5-6,9-10,12,14,17H,2-4,7-8,11H2,1H3,(H2,16,18,19). The number of sulfonamides is 1. The lowest BCUT2D eigenvalue weighted by Crippen LogP contribution is -2.34. The second-order valence-electron chi connectivity index (χ2n) is 5.76. The summed E-state index contributed by atoms with van der Waals surface area (Å²) in [5, 5.41) is 8.66. The van der Waals surface area contributed by atoms with E-state index in [1.54, 1.807) is 12.1 Å². The van der Waals surface area contributed by atoms with Crippen LogP contribution in [-0.4, -0.2) is 14.5 Å². The zero-order chi connectivity index (χ0) is 14.6. The molecule has 2 rings (SSSR count). The molecule has 1 aromatic carbocycles. The number of primary sulfonamides is 1. The number of hydrogen-bond donors (Lipinski definition) is 2. The van der Waals surface area contributed by atoms with Crippen LogP contribution in [0.5, 0.6) is 0 Å². The molecule has 0 saturated heterocycles. The second kappa shape index (κ2) is 6.70. The average Bonchev–Trinajstić information content (AvgIpc) is 2.45. The molecule has 0 heterocycles. The van der Waals surface area contributed by atoms with Crippen LogP contribution >= 0.6 is 0 Å². The topological polar surface area (TPSA) is 72.2 Å². The fraction of sp³-hybridized carbons (Fsp3) is 0.600. The van der Waals surface area contributed by atoms with Crippen LogP contribution in [0.2, 0.25) is 0 Å². The Hall–Kier alpha value is -0.910. The van der Waals surface area contributed by atoms with Crippen LogP contribution in [0.4, 0.5) is 0 Å². The van der Waals surface area contributed by atoms with E-state index in [1.165, 1.54) is 38.2 Å². The summed E-state index contributed by atoms with van der Waals surface area (Å²) in [7, 11) is -3.61. The first-order valence-electron chi connectivity index (χ1n) is 7.32. The first-order valence-corrected chi connectivity index (χ1v) is 8.86. The van der Waals surface area contributed by atoms with Gasteiger partial charge in [-0.25, -0.2) is 13.6 Å². The van der Waals surface area contributed by atoms with Crippen molar-refractivity contribution in [3.8, 4) is 0 Å². The number of benzene rings is 1. The van der Waals surface area contributed by atoms with Gasteiger partial charge in [-0.15, -0.1) is 0 Å². The molecule has 0 spiro atoms. The molecule has 0 amide bonds.